The van der Waals surface area contributed by atoms with Gasteiger partial charge in [0.15, 0.2) is 0 Å². The summed E-state index contributed by atoms with van der Waals surface area (Å²) in [5, 5.41) is 0. The van der Waals surface area contributed by atoms with Gasteiger partial charge in [-0.05, 0) is 0 Å². The summed E-state index contributed by atoms with van der Waals surface area (Å²) in [6.07, 6.45) is 10.3. The summed E-state index contributed by atoms with van der Waals surface area (Å²) >= 11 is -0.175. The molecule has 0 aromatic carbocycles. The fourth-order valence-corrected chi connectivity index (χ4v) is 12.7. The van der Waals surface area contributed by atoms with Gasteiger partial charge >= 0.3 is 186 Å². The Morgan fingerprint density at radius 1 is 0.346 bits per heavy atom. The average Bonchev–Trinajstić information content (AvgIpc) is 3.23. The van der Waals surface area contributed by atoms with Crippen molar-refractivity contribution in [2.24, 2.45) is 0 Å². The molecule has 0 saturated carbocycles. The molecule has 0 aliphatic carbocycles. The van der Waals surface area contributed by atoms with Gasteiger partial charge in [0.2, 0.25) is 0 Å². The Bertz CT molecular complexity index is 494. The molecule has 2 heteroatoms. The SMILES string of the molecule is CC[C]1=C(CC)C(CC)=[C](CC)[Sb]1.CC[C]1=C(CC)C(CC)=[C](CC)[Sb]1. The fourth-order valence-electron chi connectivity index (χ4n) is 4.13. The summed E-state index contributed by atoms with van der Waals surface area (Å²) in [4.78, 5) is 0. The normalized spacial score (nSPS) is 17.5. The molecule has 0 aromatic heterocycles. The van der Waals surface area contributed by atoms with Crippen LogP contribution in [0.5, 0.6) is 0 Å². The Hall–Kier alpha value is 0.596. The summed E-state index contributed by atoms with van der Waals surface area (Å²) in [6.45, 7) is 18.6. The molecule has 0 N–H and O–H groups in total. The van der Waals surface area contributed by atoms with Crippen LogP contribution in [0.1, 0.15) is 107 Å². The van der Waals surface area contributed by atoms with Gasteiger partial charge in [0, 0.05) is 0 Å². The van der Waals surface area contributed by atoms with Crippen molar-refractivity contribution in [1.82, 2.24) is 0 Å². The molecule has 2 aliphatic rings. The third-order valence-corrected chi connectivity index (χ3v) is 15.2. The van der Waals surface area contributed by atoms with Crippen molar-refractivity contribution < 1.29 is 0 Å². The number of hydrogen-bond acceptors (Lipinski definition) is 0. The van der Waals surface area contributed by atoms with Gasteiger partial charge in [-0.1, -0.05) is 0 Å². The van der Waals surface area contributed by atoms with Crippen LogP contribution in [-0.2, 0) is 0 Å². The number of hydrogen-bond donors (Lipinski definition) is 0. The van der Waals surface area contributed by atoms with E-state index in [9.17, 15) is 0 Å². The van der Waals surface area contributed by atoms with Crippen LogP contribution in [0.2, 0.25) is 0 Å². The second-order valence-electron chi connectivity index (χ2n) is 6.75. The first-order valence-corrected chi connectivity index (χ1v) is 16.0. The second-order valence-corrected chi connectivity index (χ2v) is 14.2. The Labute approximate surface area is 185 Å². The van der Waals surface area contributed by atoms with E-state index in [2.05, 4.69) is 55.4 Å². The molecule has 0 atom stereocenters. The van der Waals surface area contributed by atoms with Gasteiger partial charge in [-0.2, -0.15) is 0 Å². The molecule has 0 aromatic rings. The Balaban J connectivity index is 0.000000260. The standard InChI is InChI=1S/2C12H20.2Sb/c2*1-5-9-11(7-3)12(8-4)10-6-2;;/h2*5-8H2,1-4H3;;. The minimum absolute atomic E-state index is 0.0875. The fraction of sp³-hybridized carbons (Fsp3) is 0.667. The van der Waals surface area contributed by atoms with Crippen LogP contribution >= 0.6 is 0 Å². The maximum absolute atomic E-state index is 2.33. The Morgan fingerprint density at radius 3 is 0.654 bits per heavy atom. The molecule has 0 bridgehead atoms. The first kappa shape index (κ1) is 24.6. The van der Waals surface area contributed by atoms with E-state index >= 15 is 0 Å². The topological polar surface area (TPSA) is 0 Å². The summed E-state index contributed by atoms with van der Waals surface area (Å²) in [6, 6.07) is 0. The van der Waals surface area contributed by atoms with Crippen molar-refractivity contribution >= 4 is 43.2 Å². The second kappa shape index (κ2) is 12.9. The number of allylic oxidation sites excluding steroid dienone is 8. The summed E-state index contributed by atoms with van der Waals surface area (Å²) in [5.41, 5.74) is 7.00. The van der Waals surface area contributed by atoms with Gasteiger partial charge in [-0.25, -0.2) is 0 Å². The third-order valence-electron chi connectivity index (χ3n) is 5.42. The van der Waals surface area contributed by atoms with Crippen LogP contribution in [0, 0.1) is 0 Å². The van der Waals surface area contributed by atoms with Crippen LogP contribution in [0.4, 0.5) is 0 Å². The molecular formula is C24H40Sb2. The van der Waals surface area contributed by atoms with Crippen LogP contribution in [-0.4, -0.2) is 43.2 Å². The Kier molecular flexibility index (Phi) is 12.3. The molecule has 0 unspecified atom stereocenters. The molecule has 2 radical (unpaired) electrons. The third kappa shape index (κ3) is 5.80. The van der Waals surface area contributed by atoms with Crippen LogP contribution in [0.25, 0.3) is 0 Å². The zero-order chi connectivity index (χ0) is 19.7. The van der Waals surface area contributed by atoms with E-state index < -0.39 is 0 Å². The van der Waals surface area contributed by atoms with E-state index in [0.717, 1.165) is 0 Å². The molecule has 0 nitrogen and oxygen atoms in total. The molecule has 26 heavy (non-hydrogen) atoms. The van der Waals surface area contributed by atoms with Crippen molar-refractivity contribution in [3.63, 3.8) is 0 Å². The van der Waals surface area contributed by atoms with E-state index in [1.54, 1.807) is 22.3 Å². The first-order valence-electron chi connectivity index (χ1n) is 10.9. The van der Waals surface area contributed by atoms with E-state index in [1.807, 2.05) is 14.1 Å². The summed E-state index contributed by atoms with van der Waals surface area (Å²) in [7, 11) is 0. The van der Waals surface area contributed by atoms with Crippen molar-refractivity contribution in [2.75, 3.05) is 0 Å². The van der Waals surface area contributed by atoms with Crippen molar-refractivity contribution in [2.45, 2.75) is 107 Å². The quantitative estimate of drug-likeness (QED) is 0.262. The predicted molar refractivity (Wildman–Crippen MR) is 122 cm³/mol. The van der Waals surface area contributed by atoms with Gasteiger partial charge in [0.1, 0.15) is 0 Å². The van der Waals surface area contributed by atoms with Crippen molar-refractivity contribution in [1.29, 1.82) is 0 Å². The zero-order valence-electron chi connectivity index (χ0n) is 18.6. The molecule has 146 valence electrons. The molecule has 0 saturated heterocycles. The van der Waals surface area contributed by atoms with Gasteiger partial charge in [-0.15, -0.1) is 0 Å². The van der Waals surface area contributed by atoms with E-state index in [1.165, 1.54) is 51.4 Å². The predicted octanol–water partition coefficient (Wildman–Crippen LogP) is 7.70. The Morgan fingerprint density at radius 2 is 0.538 bits per heavy atom. The molecule has 2 aliphatic heterocycles. The van der Waals surface area contributed by atoms with E-state index in [-0.39, 0.29) is 43.2 Å². The van der Waals surface area contributed by atoms with Crippen LogP contribution in [0.15, 0.2) is 36.4 Å². The van der Waals surface area contributed by atoms with Crippen LogP contribution < -0.4 is 0 Å². The van der Waals surface area contributed by atoms with Gasteiger partial charge in [0.25, 0.3) is 0 Å². The first-order chi connectivity index (χ1) is 12.6. The van der Waals surface area contributed by atoms with Crippen molar-refractivity contribution in [3.05, 3.63) is 36.4 Å². The van der Waals surface area contributed by atoms with E-state index in [4.69, 9.17) is 0 Å². The van der Waals surface area contributed by atoms with Gasteiger partial charge in [-0.3, -0.25) is 0 Å². The van der Waals surface area contributed by atoms with Crippen LogP contribution in [0.3, 0.4) is 0 Å². The summed E-state index contributed by atoms with van der Waals surface area (Å²) in [5.74, 6) is 0. The summed E-state index contributed by atoms with van der Waals surface area (Å²) < 4.78 is 7.42. The maximum atomic E-state index is 2.33. The van der Waals surface area contributed by atoms with Crippen molar-refractivity contribution in [3.8, 4) is 0 Å². The monoisotopic (exact) mass is 570 g/mol. The molecular weight excluding hydrogens is 532 g/mol. The molecule has 0 fully saturated rings. The van der Waals surface area contributed by atoms with Gasteiger partial charge in [0.05, 0.1) is 0 Å². The molecule has 2 heterocycles. The average molecular weight is 572 g/mol. The number of rotatable bonds is 8. The van der Waals surface area contributed by atoms with E-state index in [0.29, 0.717) is 0 Å². The molecule has 0 amide bonds. The molecule has 0 spiro atoms. The van der Waals surface area contributed by atoms with Gasteiger partial charge < -0.3 is 0 Å². The minimum atomic E-state index is -0.0875. The zero-order valence-corrected chi connectivity index (χ0v) is 23.7. The molecule has 2 rings (SSSR count).